The summed E-state index contributed by atoms with van der Waals surface area (Å²) in [4.78, 5) is 12.4. The Labute approximate surface area is 143 Å². The van der Waals surface area contributed by atoms with E-state index in [0.29, 0.717) is 12.0 Å². The lowest BCUT2D eigenvalue weighted by Crippen LogP contribution is -2.47. The van der Waals surface area contributed by atoms with Crippen LogP contribution in [0.5, 0.6) is 0 Å². The minimum atomic E-state index is -0.153. The van der Waals surface area contributed by atoms with E-state index in [1.165, 1.54) is 5.56 Å². The van der Waals surface area contributed by atoms with E-state index in [-0.39, 0.29) is 11.9 Å². The van der Waals surface area contributed by atoms with Crippen LogP contribution in [0.1, 0.15) is 25.8 Å². The van der Waals surface area contributed by atoms with Crippen molar-refractivity contribution in [3.05, 3.63) is 35.9 Å². The van der Waals surface area contributed by atoms with E-state index in [4.69, 9.17) is 4.74 Å². The van der Waals surface area contributed by atoms with Crippen LogP contribution in [0.25, 0.3) is 0 Å². The monoisotopic (exact) mass is 336 g/mol. The SMILES string of the molecule is CC(C)CCNC(=O)C(CSCc1ccccc1)NCC1CO1. The lowest BCUT2D eigenvalue weighted by molar-refractivity contribution is -0.122. The highest BCUT2D eigenvalue weighted by atomic mass is 32.2. The number of rotatable bonds is 11. The first-order chi connectivity index (χ1) is 11.1. The Morgan fingerprint density at radius 3 is 2.74 bits per heavy atom. The molecule has 0 radical (unpaired) electrons. The number of amides is 1. The molecule has 1 aliphatic heterocycles. The van der Waals surface area contributed by atoms with Gasteiger partial charge in [-0.05, 0) is 17.9 Å². The molecule has 0 bridgehead atoms. The number of ether oxygens (including phenoxy) is 1. The summed E-state index contributed by atoms with van der Waals surface area (Å²) in [5.74, 6) is 2.41. The molecule has 1 aliphatic rings. The van der Waals surface area contributed by atoms with Gasteiger partial charge in [-0.25, -0.2) is 0 Å². The first-order valence-electron chi connectivity index (χ1n) is 8.39. The van der Waals surface area contributed by atoms with Crippen molar-refractivity contribution < 1.29 is 9.53 Å². The van der Waals surface area contributed by atoms with Gasteiger partial charge in [-0.1, -0.05) is 44.2 Å². The van der Waals surface area contributed by atoms with Gasteiger partial charge in [-0.3, -0.25) is 4.79 Å². The van der Waals surface area contributed by atoms with Crippen LogP contribution in [0.2, 0.25) is 0 Å². The zero-order valence-corrected chi connectivity index (χ0v) is 14.9. The van der Waals surface area contributed by atoms with Gasteiger partial charge >= 0.3 is 0 Å². The molecule has 23 heavy (non-hydrogen) atoms. The molecule has 1 aromatic rings. The van der Waals surface area contributed by atoms with Crippen LogP contribution >= 0.6 is 11.8 Å². The zero-order chi connectivity index (χ0) is 16.5. The maximum Gasteiger partial charge on any atom is 0.237 e. The number of epoxide rings is 1. The number of carbonyl (C=O) groups excluding carboxylic acids is 1. The zero-order valence-electron chi connectivity index (χ0n) is 14.1. The van der Waals surface area contributed by atoms with Crippen molar-refractivity contribution in [2.24, 2.45) is 5.92 Å². The van der Waals surface area contributed by atoms with Crippen LogP contribution in [-0.4, -0.2) is 43.5 Å². The fourth-order valence-electron chi connectivity index (χ4n) is 2.16. The quantitative estimate of drug-likeness (QED) is 0.610. The third-order valence-corrected chi connectivity index (χ3v) is 4.83. The Hall–Kier alpha value is -1.04. The van der Waals surface area contributed by atoms with Gasteiger partial charge in [0, 0.05) is 24.6 Å². The van der Waals surface area contributed by atoms with E-state index in [1.807, 2.05) is 6.07 Å². The van der Waals surface area contributed by atoms with Gasteiger partial charge in [0.25, 0.3) is 0 Å². The summed E-state index contributed by atoms with van der Waals surface area (Å²) in [5.41, 5.74) is 1.29. The van der Waals surface area contributed by atoms with Crippen molar-refractivity contribution in [1.82, 2.24) is 10.6 Å². The van der Waals surface area contributed by atoms with Crippen molar-refractivity contribution in [2.45, 2.75) is 38.2 Å². The minimum absolute atomic E-state index is 0.104. The Morgan fingerprint density at radius 1 is 1.35 bits per heavy atom. The van der Waals surface area contributed by atoms with Gasteiger partial charge in [0.15, 0.2) is 0 Å². The highest BCUT2D eigenvalue weighted by Gasteiger charge is 2.25. The molecule has 1 amide bonds. The van der Waals surface area contributed by atoms with E-state index in [1.54, 1.807) is 11.8 Å². The second-order valence-electron chi connectivity index (χ2n) is 6.39. The lowest BCUT2D eigenvalue weighted by Gasteiger charge is -2.18. The van der Waals surface area contributed by atoms with Gasteiger partial charge in [-0.15, -0.1) is 0 Å². The van der Waals surface area contributed by atoms with Crippen LogP contribution in [0.3, 0.4) is 0 Å². The molecule has 1 aromatic carbocycles. The smallest absolute Gasteiger partial charge is 0.237 e. The third-order valence-electron chi connectivity index (χ3n) is 3.73. The average Bonchev–Trinajstić information content (AvgIpc) is 3.35. The molecule has 1 fully saturated rings. The number of benzene rings is 1. The third kappa shape index (κ3) is 7.86. The molecule has 2 atom stereocenters. The summed E-state index contributed by atoms with van der Waals surface area (Å²) in [7, 11) is 0. The molecule has 0 saturated carbocycles. The lowest BCUT2D eigenvalue weighted by atomic mass is 10.1. The molecule has 4 nitrogen and oxygen atoms in total. The molecule has 2 rings (SSSR count). The summed E-state index contributed by atoms with van der Waals surface area (Å²) < 4.78 is 5.22. The van der Waals surface area contributed by atoms with Crippen molar-refractivity contribution in [3.63, 3.8) is 0 Å². The van der Waals surface area contributed by atoms with E-state index in [0.717, 1.165) is 37.6 Å². The predicted molar refractivity (Wildman–Crippen MR) is 96.6 cm³/mol. The molecule has 2 unspecified atom stereocenters. The van der Waals surface area contributed by atoms with E-state index in [9.17, 15) is 4.79 Å². The summed E-state index contributed by atoms with van der Waals surface area (Å²) in [6, 6.07) is 10.2. The molecule has 1 saturated heterocycles. The van der Waals surface area contributed by atoms with E-state index < -0.39 is 0 Å². The van der Waals surface area contributed by atoms with Crippen molar-refractivity contribution in [3.8, 4) is 0 Å². The molecule has 0 aromatic heterocycles. The second kappa shape index (κ2) is 9.96. The molecule has 1 heterocycles. The standard InChI is InChI=1S/C18H28N2O2S/c1-14(2)8-9-19-18(21)17(20-10-16-11-22-16)13-23-12-15-6-4-3-5-7-15/h3-7,14,16-17,20H,8-13H2,1-2H3,(H,19,21). The molecule has 0 aliphatic carbocycles. The molecule has 128 valence electrons. The van der Waals surface area contributed by atoms with Crippen LogP contribution in [-0.2, 0) is 15.3 Å². The van der Waals surface area contributed by atoms with Gasteiger partial charge in [0.2, 0.25) is 5.91 Å². The van der Waals surface area contributed by atoms with Gasteiger partial charge < -0.3 is 15.4 Å². The Kier molecular flexibility index (Phi) is 7.92. The van der Waals surface area contributed by atoms with Gasteiger partial charge in [0.05, 0.1) is 18.8 Å². The summed E-state index contributed by atoms with van der Waals surface area (Å²) in [5, 5.41) is 6.40. The highest BCUT2D eigenvalue weighted by Crippen LogP contribution is 2.14. The van der Waals surface area contributed by atoms with E-state index >= 15 is 0 Å². The summed E-state index contributed by atoms with van der Waals surface area (Å²) in [6.45, 7) is 6.65. The van der Waals surface area contributed by atoms with Crippen LogP contribution < -0.4 is 10.6 Å². The maximum atomic E-state index is 12.4. The largest absolute Gasteiger partial charge is 0.372 e. The first-order valence-corrected chi connectivity index (χ1v) is 9.55. The number of thioether (sulfide) groups is 1. The van der Waals surface area contributed by atoms with Crippen LogP contribution in [0.4, 0.5) is 0 Å². The maximum absolute atomic E-state index is 12.4. The molecular formula is C18H28N2O2S. The van der Waals surface area contributed by atoms with Gasteiger partial charge in [-0.2, -0.15) is 11.8 Å². The molecule has 0 spiro atoms. The number of hydrogen-bond acceptors (Lipinski definition) is 4. The Balaban J connectivity index is 1.74. The number of hydrogen-bond donors (Lipinski definition) is 2. The second-order valence-corrected chi connectivity index (χ2v) is 7.42. The van der Waals surface area contributed by atoms with Crippen LogP contribution in [0.15, 0.2) is 30.3 Å². The fraction of sp³-hybridized carbons (Fsp3) is 0.611. The van der Waals surface area contributed by atoms with Gasteiger partial charge in [0.1, 0.15) is 0 Å². The number of carbonyl (C=O) groups is 1. The normalized spacial score (nSPS) is 18.0. The van der Waals surface area contributed by atoms with Crippen molar-refractivity contribution >= 4 is 17.7 Å². The average molecular weight is 337 g/mol. The fourth-order valence-corrected chi connectivity index (χ4v) is 3.21. The summed E-state index contributed by atoms with van der Waals surface area (Å²) >= 11 is 1.79. The molecular weight excluding hydrogens is 308 g/mol. The highest BCUT2D eigenvalue weighted by molar-refractivity contribution is 7.98. The Morgan fingerprint density at radius 2 is 2.09 bits per heavy atom. The predicted octanol–water partition coefficient (Wildman–Crippen LogP) is 2.44. The van der Waals surface area contributed by atoms with E-state index in [2.05, 4.69) is 48.7 Å². The first kappa shape index (κ1) is 18.3. The molecule has 2 N–H and O–H groups in total. The number of nitrogens with one attached hydrogen (secondary N) is 2. The Bertz CT molecular complexity index is 463. The van der Waals surface area contributed by atoms with Crippen LogP contribution in [0, 0.1) is 5.92 Å². The topological polar surface area (TPSA) is 53.7 Å². The summed E-state index contributed by atoms with van der Waals surface area (Å²) in [6.07, 6.45) is 1.31. The van der Waals surface area contributed by atoms with Crippen molar-refractivity contribution in [1.29, 1.82) is 0 Å². The molecule has 5 heteroatoms. The van der Waals surface area contributed by atoms with Crippen molar-refractivity contribution in [2.75, 3.05) is 25.4 Å². The minimum Gasteiger partial charge on any atom is -0.372 e.